The second-order valence-corrected chi connectivity index (χ2v) is 3.15. The minimum atomic E-state index is 0.523. The van der Waals surface area contributed by atoms with E-state index in [0.717, 1.165) is 16.9 Å². The van der Waals surface area contributed by atoms with Gasteiger partial charge in [0.15, 0.2) is 0 Å². The first-order chi connectivity index (χ1) is 6.25. The van der Waals surface area contributed by atoms with Gasteiger partial charge >= 0.3 is 0 Å². The number of halogens is 1. The lowest BCUT2D eigenvalue weighted by molar-refractivity contribution is 0.358. The Kier molecular flexibility index (Phi) is 3.84. The Labute approximate surface area is 84.0 Å². The van der Waals surface area contributed by atoms with Crippen LogP contribution in [0.5, 0.6) is 5.75 Å². The van der Waals surface area contributed by atoms with Crippen LogP contribution in [0.4, 0.5) is 0 Å². The molecule has 0 spiro atoms. The van der Waals surface area contributed by atoms with E-state index in [1.807, 2.05) is 32.0 Å². The third kappa shape index (κ3) is 2.78. The molecule has 1 aromatic rings. The van der Waals surface area contributed by atoms with Crippen LogP contribution in [0, 0.1) is 13.8 Å². The summed E-state index contributed by atoms with van der Waals surface area (Å²) in [4.78, 5) is 0. The molecule has 0 radical (unpaired) electrons. The topological polar surface area (TPSA) is 9.23 Å². The summed E-state index contributed by atoms with van der Waals surface area (Å²) in [5.74, 6) is 0.956. The summed E-state index contributed by atoms with van der Waals surface area (Å²) in [6.07, 6.45) is 1.77. The normalized spacial score (nSPS) is 10.7. The minimum Gasteiger partial charge on any atom is -0.489 e. The first kappa shape index (κ1) is 10.1. The van der Waals surface area contributed by atoms with Gasteiger partial charge in [0, 0.05) is 5.54 Å². The standard InChI is InChI=1S/C11H13ClO/c1-9-5-3-6-10(2)11(9)13-8-4-7-12/h3-7H,8H2,1-2H3/b7-4+. The number of rotatable bonds is 3. The summed E-state index contributed by atoms with van der Waals surface area (Å²) in [5.41, 5.74) is 3.78. The van der Waals surface area contributed by atoms with Crippen molar-refractivity contribution in [3.8, 4) is 5.75 Å². The molecule has 0 unspecified atom stereocenters. The van der Waals surface area contributed by atoms with Gasteiger partial charge in [0.2, 0.25) is 0 Å². The van der Waals surface area contributed by atoms with E-state index in [4.69, 9.17) is 16.3 Å². The molecule has 1 rings (SSSR count). The molecule has 0 fully saturated rings. The molecule has 1 aromatic carbocycles. The average Bonchev–Trinajstić information content (AvgIpc) is 2.10. The predicted octanol–water partition coefficient (Wildman–Crippen LogP) is 3.43. The molecular formula is C11H13ClO. The van der Waals surface area contributed by atoms with Gasteiger partial charge in [-0.3, -0.25) is 0 Å². The van der Waals surface area contributed by atoms with E-state index in [2.05, 4.69) is 0 Å². The lowest BCUT2D eigenvalue weighted by Crippen LogP contribution is -1.97. The molecule has 70 valence electrons. The van der Waals surface area contributed by atoms with Gasteiger partial charge in [-0.25, -0.2) is 0 Å². The molecule has 13 heavy (non-hydrogen) atoms. The van der Waals surface area contributed by atoms with Crippen molar-refractivity contribution in [1.82, 2.24) is 0 Å². The Morgan fingerprint density at radius 2 is 1.92 bits per heavy atom. The Bertz CT molecular complexity index is 285. The van der Waals surface area contributed by atoms with Gasteiger partial charge in [-0.15, -0.1) is 0 Å². The van der Waals surface area contributed by atoms with E-state index in [9.17, 15) is 0 Å². The van der Waals surface area contributed by atoms with Crippen molar-refractivity contribution in [2.24, 2.45) is 0 Å². The monoisotopic (exact) mass is 196 g/mol. The lowest BCUT2D eigenvalue weighted by Gasteiger charge is -2.09. The van der Waals surface area contributed by atoms with Crippen LogP contribution in [-0.2, 0) is 0 Å². The minimum absolute atomic E-state index is 0.523. The molecule has 1 nitrogen and oxygen atoms in total. The number of para-hydroxylation sites is 1. The highest BCUT2D eigenvalue weighted by Gasteiger charge is 2.00. The van der Waals surface area contributed by atoms with Crippen molar-refractivity contribution in [3.05, 3.63) is 40.9 Å². The van der Waals surface area contributed by atoms with Gasteiger partial charge in [-0.1, -0.05) is 29.8 Å². The van der Waals surface area contributed by atoms with Crippen LogP contribution in [0.2, 0.25) is 0 Å². The summed E-state index contributed by atoms with van der Waals surface area (Å²) in [6, 6.07) is 6.09. The Hall–Kier alpha value is -0.950. The van der Waals surface area contributed by atoms with E-state index in [0.29, 0.717) is 6.61 Å². The molecule has 0 aliphatic carbocycles. The van der Waals surface area contributed by atoms with Crippen LogP contribution >= 0.6 is 11.6 Å². The number of aryl methyl sites for hydroxylation is 2. The maximum atomic E-state index is 5.54. The molecule has 0 bridgehead atoms. The van der Waals surface area contributed by atoms with Crippen LogP contribution in [0.15, 0.2) is 29.8 Å². The van der Waals surface area contributed by atoms with Gasteiger partial charge in [-0.05, 0) is 31.1 Å². The van der Waals surface area contributed by atoms with Crippen LogP contribution in [-0.4, -0.2) is 6.61 Å². The van der Waals surface area contributed by atoms with E-state index in [-0.39, 0.29) is 0 Å². The van der Waals surface area contributed by atoms with Crippen molar-refractivity contribution in [3.63, 3.8) is 0 Å². The molecule has 0 N–H and O–H groups in total. The van der Waals surface area contributed by atoms with Crippen molar-refractivity contribution in [2.75, 3.05) is 6.61 Å². The zero-order chi connectivity index (χ0) is 9.68. The molecule has 0 saturated heterocycles. The number of ether oxygens (including phenoxy) is 1. The molecular weight excluding hydrogens is 184 g/mol. The Balaban J connectivity index is 2.75. The second kappa shape index (κ2) is 4.93. The van der Waals surface area contributed by atoms with Crippen molar-refractivity contribution in [2.45, 2.75) is 13.8 Å². The molecule has 0 aliphatic heterocycles. The predicted molar refractivity (Wildman–Crippen MR) is 56.4 cm³/mol. The highest BCUT2D eigenvalue weighted by Crippen LogP contribution is 2.21. The van der Waals surface area contributed by atoms with Gasteiger partial charge in [0.25, 0.3) is 0 Å². The molecule has 0 aromatic heterocycles. The highest BCUT2D eigenvalue weighted by molar-refractivity contribution is 6.25. The average molecular weight is 197 g/mol. The fourth-order valence-corrected chi connectivity index (χ4v) is 1.27. The molecule has 0 saturated carbocycles. The SMILES string of the molecule is Cc1cccc(C)c1OC/C=C/Cl. The van der Waals surface area contributed by atoms with Crippen molar-refractivity contribution >= 4 is 11.6 Å². The van der Waals surface area contributed by atoms with Gasteiger partial charge in [-0.2, -0.15) is 0 Å². The number of hydrogen-bond donors (Lipinski definition) is 0. The van der Waals surface area contributed by atoms with E-state index >= 15 is 0 Å². The number of benzene rings is 1. The van der Waals surface area contributed by atoms with E-state index in [1.54, 1.807) is 6.08 Å². The Morgan fingerprint density at radius 3 is 2.46 bits per heavy atom. The summed E-state index contributed by atoms with van der Waals surface area (Å²) in [7, 11) is 0. The van der Waals surface area contributed by atoms with Crippen LogP contribution < -0.4 is 4.74 Å². The smallest absolute Gasteiger partial charge is 0.125 e. The van der Waals surface area contributed by atoms with Crippen molar-refractivity contribution < 1.29 is 4.74 Å². The highest BCUT2D eigenvalue weighted by atomic mass is 35.5. The number of hydrogen-bond acceptors (Lipinski definition) is 1. The zero-order valence-electron chi connectivity index (χ0n) is 7.88. The summed E-state index contributed by atoms with van der Waals surface area (Å²) >= 11 is 5.39. The summed E-state index contributed by atoms with van der Waals surface area (Å²) in [5, 5.41) is 0. The van der Waals surface area contributed by atoms with Gasteiger partial charge in [0.1, 0.15) is 12.4 Å². The van der Waals surface area contributed by atoms with Gasteiger partial charge < -0.3 is 4.74 Å². The first-order valence-corrected chi connectivity index (χ1v) is 4.63. The van der Waals surface area contributed by atoms with E-state index in [1.165, 1.54) is 5.54 Å². The van der Waals surface area contributed by atoms with Crippen molar-refractivity contribution in [1.29, 1.82) is 0 Å². The van der Waals surface area contributed by atoms with Crippen LogP contribution in [0.25, 0.3) is 0 Å². The second-order valence-electron chi connectivity index (χ2n) is 2.89. The van der Waals surface area contributed by atoms with E-state index < -0.39 is 0 Å². The van der Waals surface area contributed by atoms with Crippen LogP contribution in [0.3, 0.4) is 0 Å². The molecule has 0 heterocycles. The van der Waals surface area contributed by atoms with Crippen LogP contribution in [0.1, 0.15) is 11.1 Å². The quantitative estimate of drug-likeness (QED) is 0.720. The molecule has 0 amide bonds. The summed E-state index contributed by atoms with van der Waals surface area (Å²) in [6.45, 7) is 4.59. The first-order valence-electron chi connectivity index (χ1n) is 4.20. The maximum Gasteiger partial charge on any atom is 0.125 e. The third-order valence-corrected chi connectivity index (χ3v) is 2.00. The lowest BCUT2D eigenvalue weighted by atomic mass is 10.1. The maximum absolute atomic E-state index is 5.54. The fraction of sp³-hybridized carbons (Fsp3) is 0.273. The molecule has 0 aliphatic rings. The Morgan fingerprint density at radius 1 is 1.31 bits per heavy atom. The molecule has 2 heteroatoms. The third-order valence-electron chi connectivity index (χ3n) is 1.82. The molecule has 0 atom stereocenters. The fourth-order valence-electron chi connectivity index (χ4n) is 1.19. The van der Waals surface area contributed by atoms with Gasteiger partial charge in [0.05, 0.1) is 0 Å². The largest absolute Gasteiger partial charge is 0.489 e. The zero-order valence-corrected chi connectivity index (χ0v) is 8.64. The summed E-state index contributed by atoms with van der Waals surface area (Å²) < 4.78 is 5.54.